The normalized spacial score (nSPS) is 23.8. The number of amides is 10. The van der Waals surface area contributed by atoms with Crippen molar-refractivity contribution in [3.8, 4) is 0 Å². The monoisotopic (exact) mass is 1480 g/mol. The maximum absolute atomic E-state index is 15.5. The Bertz CT molecular complexity index is 3880. The molecule has 0 aliphatic carbocycles. The molecule has 7 rings (SSSR count). The standard InChI is InChI=1S/C74H96N14O15S2/c1-42(2)77-37-49-29-27-48(28-30-49)35-57-69(97)87-62(43(3)90)72(100)84-58(34-47-22-12-7-13-23-47)70(98)88-63(44(4)91)73(101)85-60(39-89)71(99)86-61(74(102)103)41-105-104-40-52(76)64(92)79-54(26-16-17-31-75)65(93)80-55(32-45-18-8-5-9-19-45)66(94)81-56(33-46-20-10-6-11-21-46)67(95)83-59(68(96)82-57)36-50-38-78-53-25-15-14-24-51(50)53/h5-15,18-25,27-30,38,42-44,52,54-63,77-78,89-91H,16-17,26,31-37,39-41,75-76H2,1-4H3,(H,79,92)(H,80,93)(H,81,94)(H,82,96)(H,83,95)(H,84,100)(H,85,101)(H,86,99)(H,87,97)(H,88,98)(H,102,103)/t43-,44-,52+,54?,55+,56?,57?,58?,59?,60?,61+,62+,63+/m1/s1. The number of unbranched alkanes of at least 4 members (excludes halogenated alkanes) is 1. The molecule has 13 atom stereocenters. The number of nitrogens with one attached hydrogen (secondary N) is 12. The number of aliphatic carboxylic acids is 1. The Kier molecular flexibility index (Phi) is 32.8. The Balaban J connectivity index is 1.31. The molecule has 31 heteroatoms. The molecule has 1 saturated heterocycles. The average molecular weight is 1490 g/mol. The van der Waals surface area contributed by atoms with E-state index >= 15 is 19.2 Å². The van der Waals surface area contributed by atoms with E-state index in [1.165, 1.54) is 6.92 Å². The minimum atomic E-state index is -1.91. The van der Waals surface area contributed by atoms with Crippen molar-refractivity contribution in [3.05, 3.63) is 179 Å². The predicted molar refractivity (Wildman–Crippen MR) is 398 cm³/mol. The Labute approximate surface area is 616 Å². The van der Waals surface area contributed by atoms with E-state index in [9.17, 15) is 54.0 Å². The van der Waals surface area contributed by atoms with Gasteiger partial charge in [-0.05, 0) is 79.1 Å². The van der Waals surface area contributed by atoms with Gasteiger partial charge in [-0.3, -0.25) is 47.9 Å². The van der Waals surface area contributed by atoms with E-state index in [-0.39, 0.29) is 62.6 Å². The van der Waals surface area contributed by atoms with Crippen molar-refractivity contribution in [2.75, 3.05) is 24.7 Å². The van der Waals surface area contributed by atoms with Gasteiger partial charge in [0.2, 0.25) is 59.1 Å². The van der Waals surface area contributed by atoms with Crippen LogP contribution in [0, 0.1) is 0 Å². The second kappa shape index (κ2) is 41.7. The van der Waals surface area contributed by atoms with Crippen molar-refractivity contribution in [1.29, 1.82) is 0 Å². The van der Waals surface area contributed by atoms with Crippen molar-refractivity contribution in [3.63, 3.8) is 0 Å². The van der Waals surface area contributed by atoms with E-state index in [0.717, 1.165) is 34.1 Å². The van der Waals surface area contributed by atoms with Gasteiger partial charge in [0, 0.05) is 73.3 Å². The molecule has 1 fully saturated rings. The van der Waals surface area contributed by atoms with Gasteiger partial charge in [-0.25, -0.2) is 4.79 Å². The molecule has 1 aliphatic heterocycles. The van der Waals surface area contributed by atoms with Gasteiger partial charge >= 0.3 is 5.97 Å². The lowest BCUT2D eigenvalue weighted by molar-refractivity contribution is -0.142. The summed E-state index contributed by atoms with van der Waals surface area (Å²) in [5, 5.41) is 73.1. The summed E-state index contributed by atoms with van der Waals surface area (Å²) in [7, 11) is 1.84. The summed E-state index contributed by atoms with van der Waals surface area (Å²) >= 11 is 0. The minimum Gasteiger partial charge on any atom is -0.480 e. The van der Waals surface area contributed by atoms with Crippen LogP contribution < -0.4 is 70.0 Å². The summed E-state index contributed by atoms with van der Waals surface area (Å²) in [5.41, 5.74) is 16.5. The molecule has 0 bridgehead atoms. The highest BCUT2D eigenvalue weighted by Crippen LogP contribution is 2.24. The first-order valence-corrected chi connectivity index (χ1v) is 37.2. The number of carboxylic acids is 1. The van der Waals surface area contributed by atoms with Crippen LogP contribution in [0.4, 0.5) is 0 Å². The number of hydrogen-bond acceptors (Lipinski definition) is 19. The molecule has 1 aromatic heterocycles. The number of benzene rings is 5. The Morgan fingerprint density at radius 1 is 0.457 bits per heavy atom. The van der Waals surface area contributed by atoms with Crippen LogP contribution >= 0.6 is 21.6 Å². The molecule has 564 valence electrons. The number of H-pyrrole nitrogens is 1. The number of aromatic nitrogens is 1. The summed E-state index contributed by atoms with van der Waals surface area (Å²) in [6.07, 6.45) is -2.02. The minimum absolute atomic E-state index is 0.0300. The first kappa shape index (κ1) is 82.6. The second-order valence-electron chi connectivity index (χ2n) is 26.1. The third-order valence-electron chi connectivity index (χ3n) is 17.3. The number of carbonyl (C=O) groups is 11. The molecule has 6 aromatic rings. The molecule has 2 heterocycles. The van der Waals surface area contributed by atoms with Crippen LogP contribution in [0.3, 0.4) is 0 Å². The quantitative estimate of drug-likeness (QED) is 0.0325. The molecule has 10 amide bonds. The maximum atomic E-state index is 15.5. The zero-order chi connectivity index (χ0) is 76.1. The van der Waals surface area contributed by atoms with Crippen LogP contribution in [-0.4, -0.2) is 200 Å². The first-order chi connectivity index (χ1) is 50.3. The third kappa shape index (κ3) is 26.1. The van der Waals surface area contributed by atoms with Crippen LogP contribution in [0.1, 0.15) is 80.3 Å². The van der Waals surface area contributed by atoms with Gasteiger partial charge in [-0.1, -0.05) is 169 Å². The Morgan fingerprint density at radius 2 is 0.838 bits per heavy atom. The SMILES string of the molecule is CC(C)NCc1ccc(CC2NC(=O)C(Cc3c[nH]c4ccccc34)NC(=O)C(Cc3ccccc3)NC(=O)[C@H](Cc3ccccc3)NC(=O)C(CCCCN)NC(=O)[C@@H](N)CSSC[C@@H](C(=O)O)NC(=O)C(CO)NC(=O)[C@H]([C@@H](C)O)NC(=O)C(Cc3ccccc3)NC(=O)[C@H]([C@@H](C)O)NC2=O)cc1. The molecule has 29 nitrogen and oxygen atoms in total. The van der Waals surface area contributed by atoms with Gasteiger partial charge in [-0.15, -0.1) is 0 Å². The zero-order valence-electron chi connectivity index (χ0n) is 58.9. The van der Waals surface area contributed by atoms with E-state index in [1.54, 1.807) is 121 Å². The third-order valence-corrected chi connectivity index (χ3v) is 19.8. The van der Waals surface area contributed by atoms with Crippen molar-refractivity contribution >= 4 is 97.5 Å². The molecular formula is C74H96N14O15S2. The number of fused-ring (bicyclic) bond motifs is 1. The number of nitrogens with two attached hydrogens (primary N) is 2. The number of carbonyl (C=O) groups excluding carboxylic acids is 10. The number of aliphatic hydroxyl groups excluding tert-OH is 3. The van der Waals surface area contributed by atoms with E-state index in [4.69, 9.17) is 11.5 Å². The van der Waals surface area contributed by atoms with E-state index in [0.29, 0.717) is 58.1 Å². The maximum Gasteiger partial charge on any atom is 0.327 e. The van der Waals surface area contributed by atoms with Crippen molar-refractivity contribution in [2.45, 2.75) is 170 Å². The van der Waals surface area contributed by atoms with Gasteiger partial charge in [0.15, 0.2) is 0 Å². The number of aliphatic hydroxyl groups is 3. The summed E-state index contributed by atoms with van der Waals surface area (Å²) in [6, 6.07) is 22.4. The number of carboxylic acid groups (broad SMARTS) is 1. The van der Waals surface area contributed by atoms with Crippen molar-refractivity contribution in [2.24, 2.45) is 11.5 Å². The van der Waals surface area contributed by atoms with Gasteiger partial charge in [0.1, 0.15) is 60.4 Å². The largest absolute Gasteiger partial charge is 0.480 e. The van der Waals surface area contributed by atoms with Crippen LogP contribution in [0.25, 0.3) is 10.9 Å². The molecule has 5 aromatic carbocycles. The molecule has 0 saturated carbocycles. The second-order valence-corrected chi connectivity index (χ2v) is 28.7. The highest BCUT2D eigenvalue weighted by Gasteiger charge is 2.39. The number of aromatic amines is 1. The van der Waals surface area contributed by atoms with Gasteiger partial charge in [0.05, 0.1) is 24.9 Å². The Morgan fingerprint density at radius 3 is 1.29 bits per heavy atom. The molecule has 0 spiro atoms. The molecular weight excluding hydrogens is 1390 g/mol. The van der Waals surface area contributed by atoms with Gasteiger partial charge < -0.3 is 95.4 Å². The zero-order valence-corrected chi connectivity index (χ0v) is 60.5. The van der Waals surface area contributed by atoms with Crippen LogP contribution in [0.2, 0.25) is 0 Å². The molecule has 0 radical (unpaired) electrons. The lowest BCUT2D eigenvalue weighted by Crippen LogP contribution is -2.63. The van der Waals surface area contributed by atoms with Crippen molar-refractivity contribution in [1.82, 2.24) is 63.5 Å². The lowest BCUT2D eigenvalue weighted by atomic mass is 9.99. The summed E-state index contributed by atoms with van der Waals surface area (Å²) in [4.78, 5) is 163. The predicted octanol–water partition coefficient (Wildman–Crippen LogP) is -0.283. The average Bonchev–Trinajstić information content (AvgIpc) is 1.78. The fourth-order valence-corrected chi connectivity index (χ4v) is 13.7. The Hall–Kier alpha value is -9.73. The van der Waals surface area contributed by atoms with Crippen LogP contribution in [-0.2, 0) is 91.4 Å². The van der Waals surface area contributed by atoms with Crippen LogP contribution in [0.15, 0.2) is 146 Å². The van der Waals surface area contributed by atoms with Gasteiger partial charge in [0.25, 0.3) is 0 Å². The fourth-order valence-electron chi connectivity index (χ4n) is 11.4. The van der Waals surface area contributed by atoms with Crippen molar-refractivity contribution < 1.29 is 73.2 Å². The lowest BCUT2D eigenvalue weighted by Gasteiger charge is -2.29. The summed E-state index contributed by atoms with van der Waals surface area (Å²) < 4.78 is 0. The van der Waals surface area contributed by atoms with E-state index < -0.39 is 150 Å². The molecule has 20 N–H and O–H groups in total. The number of rotatable bonds is 21. The molecule has 6 unspecified atom stereocenters. The number of para-hydroxylation sites is 1. The fraction of sp³-hybridized carbons (Fsp3) is 0.419. The van der Waals surface area contributed by atoms with Crippen LogP contribution in [0.5, 0.6) is 0 Å². The topological polar surface area (TPSA) is 469 Å². The van der Waals surface area contributed by atoms with E-state index in [2.05, 4.69) is 63.5 Å². The highest BCUT2D eigenvalue weighted by atomic mass is 33.1. The summed E-state index contributed by atoms with van der Waals surface area (Å²) in [6.45, 7) is 5.92. The number of hydrogen-bond donors (Lipinski definition) is 18. The van der Waals surface area contributed by atoms with Gasteiger partial charge in [-0.2, -0.15) is 0 Å². The highest BCUT2D eigenvalue weighted by molar-refractivity contribution is 8.76. The smallest absolute Gasteiger partial charge is 0.327 e. The first-order valence-electron chi connectivity index (χ1n) is 34.7. The van der Waals surface area contributed by atoms with E-state index in [1.807, 2.05) is 38.1 Å². The summed E-state index contributed by atoms with van der Waals surface area (Å²) in [5.74, 6) is -11.9. The molecule has 105 heavy (non-hydrogen) atoms. The molecule has 1 aliphatic rings.